The van der Waals surface area contributed by atoms with Crippen molar-refractivity contribution < 1.29 is 9.47 Å². The molecule has 0 aliphatic heterocycles. The monoisotopic (exact) mass is 271 g/mol. The van der Waals surface area contributed by atoms with Crippen LogP contribution < -0.4 is 11.1 Å². The summed E-state index contributed by atoms with van der Waals surface area (Å²) in [5.74, 6) is -0.00475. The first-order chi connectivity index (χ1) is 8.58. The van der Waals surface area contributed by atoms with Crippen LogP contribution in [0.1, 0.15) is 5.56 Å². The zero-order valence-corrected chi connectivity index (χ0v) is 11.3. The minimum atomic E-state index is -0.0752. The maximum Gasteiger partial charge on any atom is 0.124 e. The van der Waals surface area contributed by atoms with Gasteiger partial charge in [-0.05, 0) is 18.2 Å². The second-order valence-corrected chi connectivity index (χ2v) is 4.23. The molecule has 0 heterocycles. The highest BCUT2D eigenvalue weighted by atomic mass is 35.5. The second kappa shape index (κ2) is 7.20. The fraction of sp³-hybridized carbons (Fsp3) is 0.417. The van der Waals surface area contributed by atoms with Crippen molar-refractivity contribution in [3.05, 3.63) is 28.8 Å². The van der Waals surface area contributed by atoms with Crippen LogP contribution in [-0.2, 0) is 9.47 Å². The van der Waals surface area contributed by atoms with Gasteiger partial charge in [-0.2, -0.15) is 0 Å². The van der Waals surface area contributed by atoms with Crippen molar-refractivity contribution in [1.82, 2.24) is 0 Å². The van der Waals surface area contributed by atoms with E-state index in [1.807, 2.05) is 0 Å². The zero-order valence-electron chi connectivity index (χ0n) is 10.5. The molecule has 0 spiro atoms. The van der Waals surface area contributed by atoms with Crippen molar-refractivity contribution >= 4 is 23.1 Å². The Hall–Kier alpha value is -1.30. The van der Waals surface area contributed by atoms with Crippen molar-refractivity contribution in [2.75, 3.05) is 32.7 Å². The fourth-order valence-electron chi connectivity index (χ4n) is 1.52. The van der Waals surface area contributed by atoms with E-state index in [2.05, 4.69) is 5.32 Å². The summed E-state index contributed by atoms with van der Waals surface area (Å²) in [6.07, 6.45) is -0.0752. The van der Waals surface area contributed by atoms with Crippen LogP contribution in [0, 0.1) is 5.41 Å². The molecule has 1 aromatic rings. The number of anilines is 1. The maximum absolute atomic E-state index is 7.50. The SMILES string of the molecule is COCC(CNc1cc(Cl)ccc1C(=N)N)OC. The van der Waals surface area contributed by atoms with Gasteiger partial charge in [0.15, 0.2) is 0 Å². The molecular weight excluding hydrogens is 254 g/mol. The van der Waals surface area contributed by atoms with E-state index in [-0.39, 0.29) is 11.9 Å². The van der Waals surface area contributed by atoms with Gasteiger partial charge in [0, 0.05) is 37.0 Å². The van der Waals surface area contributed by atoms with Crippen LogP contribution in [0.3, 0.4) is 0 Å². The quantitative estimate of drug-likeness (QED) is 0.521. The molecule has 5 nitrogen and oxygen atoms in total. The minimum absolute atomic E-state index is 0.00475. The lowest BCUT2D eigenvalue weighted by Crippen LogP contribution is -2.27. The average molecular weight is 272 g/mol. The van der Waals surface area contributed by atoms with E-state index in [1.54, 1.807) is 32.4 Å². The van der Waals surface area contributed by atoms with Crippen LogP contribution in [0.5, 0.6) is 0 Å². The first kappa shape index (κ1) is 14.8. The van der Waals surface area contributed by atoms with Crippen LogP contribution in [0.2, 0.25) is 5.02 Å². The topological polar surface area (TPSA) is 80.4 Å². The number of nitrogens with one attached hydrogen (secondary N) is 2. The number of hydrogen-bond acceptors (Lipinski definition) is 4. The number of benzene rings is 1. The Morgan fingerprint density at radius 2 is 2.22 bits per heavy atom. The molecule has 0 aliphatic rings. The molecular formula is C12H18ClN3O2. The van der Waals surface area contributed by atoms with Gasteiger partial charge >= 0.3 is 0 Å². The molecule has 1 atom stereocenters. The Labute approximate surface area is 112 Å². The standard InChI is InChI=1S/C12H18ClN3O2/c1-17-7-9(18-2)6-16-11-5-8(13)3-4-10(11)12(14)15/h3-5,9,16H,6-7H2,1-2H3,(H3,14,15). The number of methoxy groups -OCH3 is 2. The molecule has 1 aromatic carbocycles. The average Bonchev–Trinajstić information content (AvgIpc) is 2.34. The van der Waals surface area contributed by atoms with Crippen LogP contribution in [0.4, 0.5) is 5.69 Å². The van der Waals surface area contributed by atoms with Gasteiger partial charge in [0.25, 0.3) is 0 Å². The number of halogens is 1. The molecule has 0 aliphatic carbocycles. The molecule has 1 rings (SSSR count). The third kappa shape index (κ3) is 4.18. The summed E-state index contributed by atoms with van der Waals surface area (Å²) in [5, 5.41) is 11.2. The summed E-state index contributed by atoms with van der Waals surface area (Å²) in [6, 6.07) is 5.15. The van der Waals surface area contributed by atoms with E-state index >= 15 is 0 Å². The van der Waals surface area contributed by atoms with Gasteiger partial charge in [-0.1, -0.05) is 11.6 Å². The van der Waals surface area contributed by atoms with E-state index in [9.17, 15) is 0 Å². The molecule has 0 amide bonds. The molecule has 18 heavy (non-hydrogen) atoms. The van der Waals surface area contributed by atoms with Gasteiger partial charge < -0.3 is 20.5 Å². The molecule has 0 bridgehead atoms. The van der Waals surface area contributed by atoms with Crippen molar-refractivity contribution in [3.8, 4) is 0 Å². The van der Waals surface area contributed by atoms with Crippen LogP contribution in [0.15, 0.2) is 18.2 Å². The summed E-state index contributed by atoms with van der Waals surface area (Å²) in [6.45, 7) is 1.03. The highest BCUT2D eigenvalue weighted by Crippen LogP contribution is 2.20. The first-order valence-electron chi connectivity index (χ1n) is 5.48. The molecule has 0 saturated heterocycles. The molecule has 1 unspecified atom stereocenters. The number of ether oxygens (including phenoxy) is 2. The molecule has 0 aromatic heterocycles. The predicted molar refractivity (Wildman–Crippen MR) is 73.6 cm³/mol. The lowest BCUT2D eigenvalue weighted by atomic mass is 10.1. The molecule has 0 radical (unpaired) electrons. The van der Waals surface area contributed by atoms with Crippen molar-refractivity contribution in [3.63, 3.8) is 0 Å². The normalized spacial score (nSPS) is 12.2. The third-order valence-electron chi connectivity index (χ3n) is 2.48. The summed E-state index contributed by atoms with van der Waals surface area (Å²) in [5.41, 5.74) is 6.84. The van der Waals surface area contributed by atoms with Gasteiger partial charge in [-0.25, -0.2) is 0 Å². The largest absolute Gasteiger partial charge is 0.384 e. The predicted octanol–water partition coefficient (Wildman–Crippen LogP) is 1.70. The Balaban J connectivity index is 2.76. The van der Waals surface area contributed by atoms with Crippen LogP contribution in [0.25, 0.3) is 0 Å². The zero-order chi connectivity index (χ0) is 13.5. The first-order valence-corrected chi connectivity index (χ1v) is 5.85. The van der Waals surface area contributed by atoms with Gasteiger partial charge in [0.2, 0.25) is 0 Å². The third-order valence-corrected chi connectivity index (χ3v) is 2.71. The molecule has 0 saturated carbocycles. The van der Waals surface area contributed by atoms with E-state index < -0.39 is 0 Å². The van der Waals surface area contributed by atoms with Crippen LogP contribution >= 0.6 is 11.6 Å². The minimum Gasteiger partial charge on any atom is -0.384 e. The number of nitrogens with two attached hydrogens (primary N) is 1. The van der Waals surface area contributed by atoms with Gasteiger partial charge in [0.1, 0.15) is 5.84 Å². The van der Waals surface area contributed by atoms with Crippen molar-refractivity contribution in [2.24, 2.45) is 5.73 Å². The molecule has 0 fully saturated rings. The van der Waals surface area contributed by atoms with Gasteiger partial charge in [-0.15, -0.1) is 0 Å². The summed E-state index contributed by atoms with van der Waals surface area (Å²) in [4.78, 5) is 0. The second-order valence-electron chi connectivity index (χ2n) is 3.80. The Bertz CT molecular complexity index is 412. The van der Waals surface area contributed by atoms with E-state index in [0.29, 0.717) is 29.4 Å². The van der Waals surface area contributed by atoms with Gasteiger partial charge in [-0.3, -0.25) is 5.41 Å². The lowest BCUT2D eigenvalue weighted by molar-refractivity contribution is 0.0365. The smallest absolute Gasteiger partial charge is 0.124 e. The number of rotatable bonds is 7. The summed E-state index contributed by atoms with van der Waals surface area (Å²) in [7, 11) is 3.24. The van der Waals surface area contributed by atoms with Gasteiger partial charge in [0.05, 0.1) is 12.7 Å². The highest BCUT2D eigenvalue weighted by molar-refractivity contribution is 6.31. The van der Waals surface area contributed by atoms with Crippen molar-refractivity contribution in [1.29, 1.82) is 5.41 Å². The lowest BCUT2D eigenvalue weighted by Gasteiger charge is -2.17. The maximum atomic E-state index is 7.50. The molecule has 6 heteroatoms. The summed E-state index contributed by atoms with van der Waals surface area (Å²) >= 11 is 5.92. The number of nitrogen functional groups attached to an aromatic ring is 1. The molecule has 100 valence electrons. The van der Waals surface area contributed by atoms with E-state index in [4.69, 9.17) is 32.2 Å². The van der Waals surface area contributed by atoms with Crippen LogP contribution in [-0.4, -0.2) is 39.3 Å². The Morgan fingerprint density at radius 3 is 2.78 bits per heavy atom. The fourth-order valence-corrected chi connectivity index (χ4v) is 1.69. The number of hydrogen-bond donors (Lipinski definition) is 3. The van der Waals surface area contributed by atoms with E-state index in [0.717, 1.165) is 0 Å². The van der Waals surface area contributed by atoms with E-state index in [1.165, 1.54) is 0 Å². The van der Waals surface area contributed by atoms with Crippen molar-refractivity contribution in [2.45, 2.75) is 6.10 Å². The highest BCUT2D eigenvalue weighted by Gasteiger charge is 2.10. The Kier molecular flexibility index (Phi) is 5.91. The summed E-state index contributed by atoms with van der Waals surface area (Å²) < 4.78 is 10.3. The number of amidine groups is 1. The molecule has 4 N–H and O–H groups in total. The Morgan fingerprint density at radius 1 is 1.50 bits per heavy atom.